The first kappa shape index (κ1) is 14.5. The number of aromatic nitrogens is 2. The predicted octanol–water partition coefficient (Wildman–Crippen LogP) is 1.90. The summed E-state index contributed by atoms with van der Waals surface area (Å²) in [5.74, 6) is 1.35. The molecule has 2 aromatic rings. The Bertz CT molecular complexity index is 626. The molecule has 3 rings (SSSR count). The molecule has 21 heavy (non-hydrogen) atoms. The van der Waals surface area contributed by atoms with Crippen molar-refractivity contribution >= 4 is 11.0 Å². The van der Waals surface area contributed by atoms with Crippen molar-refractivity contribution in [3.63, 3.8) is 0 Å². The Morgan fingerprint density at radius 1 is 1.14 bits per heavy atom. The predicted molar refractivity (Wildman–Crippen MR) is 84.5 cm³/mol. The lowest BCUT2D eigenvalue weighted by molar-refractivity contribution is -0.675. The van der Waals surface area contributed by atoms with Gasteiger partial charge in [0.2, 0.25) is 0 Å². The van der Waals surface area contributed by atoms with Crippen LogP contribution in [0.4, 0.5) is 0 Å². The second-order valence-corrected chi connectivity index (χ2v) is 5.89. The maximum atomic E-state index is 5.43. The van der Waals surface area contributed by atoms with Gasteiger partial charge >= 0.3 is 0 Å². The molecule has 1 saturated heterocycles. The summed E-state index contributed by atoms with van der Waals surface area (Å²) < 4.78 is 10.3. The summed E-state index contributed by atoms with van der Waals surface area (Å²) in [5, 5.41) is 0. The third-order valence-corrected chi connectivity index (χ3v) is 4.55. The van der Waals surface area contributed by atoms with Crippen LogP contribution < -0.4 is 4.57 Å². The second-order valence-electron chi connectivity index (χ2n) is 5.89. The number of fused-ring (bicyclic) bond motifs is 1. The molecule has 0 radical (unpaired) electrons. The van der Waals surface area contributed by atoms with E-state index in [0.29, 0.717) is 0 Å². The average molecular weight is 288 g/mol. The summed E-state index contributed by atoms with van der Waals surface area (Å²) in [4.78, 5) is 2.50. The van der Waals surface area contributed by atoms with Gasteiger partial charge in [-0.15, -0.1) is 0 Å². The minimum Gasteiger partial charge on any atom is -0.379 e. The van der Waals surface area contributed by atoms with E-state index in [2.05, 4.69) is 53.0 Å². The van der Waals surface area contributed by atoms with Gasteiger partial charge in [0.05, 0.1) is 19.8 Å². The molecule has 4 nitrogen and oxygen atoms in total. The molecule has 1 aromatic carbocycles. The Hall–Kier alpha value is -1.39. The smallest absolute Gasteiger partial charge is 0.254 e. The number of ether oxygens (including phenoxy) is 1. The summed E-state index contributed by atoms with van der Waals surface area (Å²) in [5.41, 5.74) is 4.04. The fourth-order valence-electron chi connectivity index (χ4n) is 3.32. The maximum Gasteiger partial charge on any atom is 0.254 e. The highest BCUT2D eigenvalue weighted by Gasteiger charge is 2.21. The van der Waals surface area contributed by atoms with Gasteiger partial charge in [-0.05, 0) is 31.5 Å². The Kier molecular flexibility index (Phi) is 4.27. The van der Waals surface area contributed by atoms with Gasteiger partial charge in [0.15, 0.2) is 11.0 Å². The monoisotopic (exact) mass is 288 g/mol. The topological polar surface area (TPSA) is 21.3 Å². The van der Waals surface area contributed by atoms with E-state index >= 15 is 0 Å². The van der Waals surface area contributed by atoms with Gasteiger partial charge in [-0.25, -0.2) is 9.13 Å². The van der Waals surface area contributed by atoms with Crippen LogP contribution in [0.25, 0.3) is 11.0 Å². The molecule has 4 heteroatoms. The van der Waals surface area contributed by atoms with Crippen LogP contribution in [0.2, 0.25) is 0 Å². The van der Waals surface area contributed by atoms with E-state index in [0.717, 1.165) is 45.9 Å². The van der Waals surface area contributed by atoms with Crippen molar-refractivity contribution in [2.24, 2.45) is 0 Å². The van der Waals surface area contributed by atoms with Gasteiger partial charge in [0, 0.05) is 26.6 Å². The minimum absolute atomic E-state index is 0.874. The van der Waals surface area contributed by atoms with Crippen molar-refractivity contribution in [2.75, 3.05) is 32.8 Å². The molecule has 0 bridgehead atoms. The lowest BCUT2D eigenvalue weighted by atomic mass is 10.2. The maximum absolute atomic E-state index is 5.43. The summed E-state index contributed by atoms with van der Waals surface area (Å²) in [6.07, 6.45) is 0. The summed E-state index contributed by atoms with van der Waals surface area (Å²) >= 11 is 0. The van der Waals surface area contributed by atoms with E-state index < -0.39 is 0 Å². The molecule has 0 saturated carbocycles. The molecule has 1 aliphatic heterocycles. The van der Waals surface area contributed by atoms with Crippen LogP contribution in [0, 0.1) is 13.8 Å². The Labute approximate surface area is 126 Å². The van der Waals surface area contributed by atoms with E-state index in [4.69, 9.17) is 4.74 Å². The summed E-state index contributed by atoms with van der Waals surface area (Å²) in [6.45, 7) is 13.7. The summed E-state index contributed by atoms with van der Waals surface area (Å²) in [6, 6.07) is 6.78. The third kappa shape index (κ3) is 2.83. The van der Waals surface area contributed by atoms with Crippen LogP contribution >= 0.6 is 0 Å². The first-order valence-corrected chi connectivity index (χ1v) is 8.00. The van der Waals surface area contributed by atoms with Gasteiger partial charge in [-0.3, -0.25) is 4.90 Å². The Balaban J connectivity index is 1.89. The lowest BCUT2D eigenvalue weighted by Gasteiger charge is -2.25. The van der Waals surface area contributed by atoms with Crippen LogP contribution in [-0.4, -0.2) is 42.3 Å². The number of imidazole rings is 1. The molecule has 2 heterocycles. The fourth-order valence-corrected chi connectivity index (χ4v) is 3.32. The van der Waals surface area contributed by atoms with Crippen molar-refractivity contribution in [1.82, 2.24) is 9.47 Å². The van der Waals surface area contributed by atoms with E-state index in [9.17, 15) is 0 Å². The Morgan fingerprint density at radius 3 is 2.62 bits per heavy atom. The zero-order valence-electron chi connectivity index (χ0n) is 13.4. The van der Waals surface area contributed by atoms with Crippen LogP contribution in [0.5, 0.6) is 0 Å². The first-order valence-electron chi connectivity index (χ1n) is 8.00. The number of rotatable bonds is 4. The number of benzene rings is 1. The van der Waals surface area contributed by atoms with Crippen molar-refractivity contribution in [2.45, 2.75) is 33.9 Å². The van der Waals surface area contributed by atoms with Gasteiger partial charge in [-0.2, -0.15) is 0 Å². The standard InChI is InChI=1S/C17H26N3O/c1-4-19-15(3)20(8-7-18-9-11-21-12-10-18)17-13-14(2)5-6-16(17)19/h5-6,13H,4,7-12H2,1-3H3/q+1. The van der Waals surface area contributed by atoms with Gasteiger partial charge in [0.1, 0.15) is 6.54 Å². The first-order chi connectivity index (χ1) is 10.2. The van der Waals surface area contributed by atoms with Crippen LogP contribution in [0.3, 0.4) is 0 Å². The molecular formula is C17H26N3O+. The minimum atomic E-state index is 0.874. The van der Waals surface area contributed by atoms with Gasteiger partial charge in [0.25, 0.3) is 5.82 Å². The van der Waals surface area contributed by atoms with Crippen LogP contribution in [0.15, 0.2) is 18.2 Å². The highest BCUT2D eigenvalue weighted by molar-refractivity contribution is 5.73. The lowest BCUT2D eigenvalue weighted by Crippen LogP contribution is -2.39. The molecule has 1 aliphatic rings. The normalized spacial score (nSPS) is 16.7. The highest BCUT2D eigenvalue weighted by atomic mass is 16.5. The molecule has 0 aliphatic carbocycles. The van der Waals surface area contributed by atoms with Gasteiger partial charge in [-0.1, -0.05) is 6.07 Å². The zero-order valence-corrected chi connectivity index (χ0v) is 13.4. The number of hydrogen-bond acceptors (Lipinski definition) is 2. The molecule has 0 amide bonds. The third-order valence-electron chi connectivity index (χ3n) is 4.55. The number of nitrogens with zero attached hydrogens (tertiary/aromatic N) is 3. The molecule has 0 unspecified atom stereocenters. The van der Waals surface area contributed by atoms with Crippen molar-refractivity contribution in [1.29, 1.82) is 0 Å². The molecule has 0 N–H and O–H groups in total. The van der Waals surface area contributed by atoms with Crippen molar-refractivity contribution < 1.29 is 9.30 Å². The van der Waals surface area contributed by atoms with Crippen LogP contribution in [0.1, 0.15) is 18.3 Å². The van der Waals surface area contributed by atoms with E-state index in [1.165, 1.54) is 22.4 Å². The van der Waals surface area contributed by atoms with Crippen molar-refractivity contribution in [3.05, 3.63) is 29.6 Å². The number of aryl methyl sites for hydroxylation is 2. The summed E-state index contributed by atoms with van der Waals surface area (Å²) in [7, 11) is 0. The zero-order chi connectivity index (χ0) is 14.8. The van der Waals surface area contributed by atoms with E-state index in [1.807, 2.05) is 0 Å². The average Bonchev–Trinajstić information content (AvgIpc) is 2.77. The molecule has 0 atom stereocenters. The largest absolute Gasteiger partial charge is 0.379 e. The molecule has 1 fully saturated rings. The highest BCUT2D eigenvalue weighted by Crippen LogP contribution is 2.16. The number of morpholine rings is 1. The second kappa shape index (κ2) is 6.16. The SMILES string of the molecule is CC[n+]1c(C)n(CCN2CCOCC2)c2cc(C)ccc21. The number of hydrogen-bond donors (Lipinski definition) is 0. The Morgan fingerprint density at radius 2 is 1.90 bits per heavy atom. The van der Waals surface area contributed by atoms with E-state index in [1.54, 1.807) is 0 Å². The molecule has 0 spiro atoms. The van der Waals surface area contributed by atoms with Crippen molar-refractivity contribution in [3.8, 4) is 0 Å². The quantitative estimate of drug-likeness (QED) is 0.801. The van der Waals surface area contributed by atoms with Crippen LogP contribution in [-0.2, 0) is 17.8 Å². The molecule has 1 aromatic heterocycles. The molecule has 114 valence electrons. The fraction of sp³-hybridized carbons (Fsp3) is 0.588. The molecular weight excluding hydrogens is 262 g/mol. The van der Waals surface area contributed by atoms with Gasteiger partial charge < -0.3 is 4.74 Å². The van der Waals surface area contributed by atoms with E-state index in [-0.39, 0.29) is 0 Å².